The van der Waals surface area contributed by atoms with Gasteiger partial charge in [-0.2, -0.15) is 0 Å². The first-order valence-electron chi connectivity index (χ1n) is 8.14. The topological polar surface area (TPSA) is 55.8 Å². The van der Waals surface area contributed by atoms with E-state index in [0.29, 0.717) is 19.6 Å². The number of carboxylic acid groups (broad SMARTS) is 1. The van der Waals surface area contributed by atoms with Gasteiger partial charge in [-0.15, -0.1) is 0 Å². The number of carbonyl (C=O) groups is 1. The van der Waals surface area contributed by atoms with Crippen LogP contribution in [-0.2, 0) is 14.3 Å². The third-order valence-corrected chi connectivity index (χ3v) is 3.19. The van der Waals surface area contributed by atoms with Crippen LogP contribution in [0.3, 0.4) is 0 Å². The molecule has 0 spiro atoms. The second kappa shape index (κ2) is 16.4. The van der Waals surface area contributed by atoms with Crippen LogP contribution < -0.4 is 0 Å². The molecular formula is C16H32O4. The first-order valence-corrected chi connectivity index (χ1v) is 8.14. The molecule has 0 aliphatic heterocycles. The largest absolute Gasteiger partial charge is 0.481 e. The van der Waals surface area contributed by atoms with Crippen molar-refractivity contribution in [3.05, 3.63) is 0 Å². The zero-order valence-electron chi connectivity index (χ0n) is 13.1. The van der Waals surface area contributed by atoms with Crippen LogP contribution in [0.4, 0.5) is 0 Å². The van der Waals surface area contributed by atoms with E-state index in [-0.39, 0.29) is 0 Å². The van der Waals surface area contributed by atoms with Gasteiger partial charge in [0.1, 0.15) is 0 Å². The van der Waals surface area contributed by atoms with Gasteiger partial charge >= 0.3 is 5.97 Å². The van der Waals surface area contributed by atoms with Crippen LogP contribution in [-0.4, -0.2) is 37.5 Å². The molecule has 120 valence electrons. The minimum Gasteiger partial charge on any atom is -0.481 e. The predicted octanol–water partition coefficient (Wildman–Crippen LogP) is 4.03. The molecule has 0 atom stereocenters. The molecule has 1 N–H and O–H groups in total. The normalized spacial score (nSPS) is 10.8. The van der Waals surface area contributed by atoms with E-state index in [9.17, 15) is 4.79 Å². The van der Waals surface area contributed by atoms with Crippen molar-refractivity contribution in [3.8, 4) is 0 Å². The molecular weight excluding hydrogens is 256 g/mol. The van der Waals surface area contributed by atoms with Crippen molar-refractivity contribution in [2.24, 2.45) is 0 Å². The van der Waals surface area contributed by atoms with Gasteiger partial charge in [-0.25, -0.2) is 0 Å². The molecule has 0 unspecified atom stereocenters. The van der Waals surface area contributed by atoms with Crippen molar-refractivity contribution >= 4 is 5.97 Å². The standard InChI is InChI=1S/C16H32O4/c1-2-3-4-9-12-19-14-15-20-13-10-7-5-6-8-11-16(17)18/h2-15H2,1H3,(H,17,18). The number of unbranched alkanes of at least 4 members (excludes halogenated alkanes) is 7. The first kappa shape index (κ1) is 19.4. The number of aliphatic carboxylic acids is 1. The molecule has 0 rings (SSSR count). The Labute approximate surface area is 123 Å². The fraction of sp³-hybridized carbons (Fsp3) is 0.938. The first-order chi connectivity index (χ1) is 9.77. The third kappa shape index (κ3) is 17.4. The maximum Gasteiger partial charge on any atom is 0.303 e. The van der Waals surface area contributed by atoms with Gasteiger partial charge in [-0.3, -0.25) is 4.79 Å². The second-order valence-electron chi connectivity index (χ2n) is 5.20. The Hall–Kier alpha value is -0.610. The summed E-state index contributed by atoms with van der Waals surface area (Å²) >= 11 is 0. The Bertz CT molecular complexity index is 207. The molecule has 0 aromatic rings. The third-order valence-electron chi connectivity index (χ3n) is 3.19. The maximum atomic E-state index is 10.3. The Morgan fingerprint density at radius 2 is 1.25 bits per heavy atom. The highest BCUT2D eigenvalue weighted by atomic mass is 16.5. The fourth-order valence-corrected chi connectivity index (χ4v) is 1.96. The SMILES string of the molecule is CCCCCCOCCOCCCCCCCC(=O)O. The van der Waals surface area contributed by atoms with Crippen LogP contribution in [0.25, 0.3) is 0 Å². The van der Waals surface area contributed by atoms with E-state index in [2.05, 4.69) is 6.92 Å². The number of hydrogen-bond acceptors (Lipinski definition) is 3. The van der Waals surface area contributed by atoms with Crippen LogP contribution >= 0.6 is 0 Å². The summed E-state index contributed by atoms with van der Waals surface area (Å²) in [5, 5.41) is 8.49. The Balaban J connectivity index is 2.94. The lowest BCUT2D eigenvalue weighted by molar-refractivity contribution is -0.137. The molecule has 0 aliphatic carbocycles. The quantitative estimate of drug-likeness (QED) is 0.436. The number of carboxylic acids is 1. The van der Waals surface area contributed by atoms with Crippen LogP contribution in [0.1, 0.15) is 71.1 Å². The van der Waals surface area contributed by atoms with Crippen LogP contribution in [0.2, 0.25) is 0 Å². The fourth-order valence-electron chi connectivity index (χ4n) is 1.96. The number of hydrogen-bond donors (Lipinski definition) is 1. The van der Waals surface area contributed by atoms with Gasteiger partial charge in [0.25, 0.3) is 0 Å². The smallest absolute Gasteiger partial charge is 0.303 e. The summed E-state index contributed by atoms with van der Waals surface area (Å²) in [6.45, 7) is 5.24. The van der Waals surface area contributed by atoms with Crippen molar-refractivity contribution in [2.45, 2.75) is 71.1 Å². The average molecular weight is 288 g/mol. The van der Waals surface area contributed by atoms with E-state index in [1.54, 1.807) is 0 Å². The van der Waals surface area contributed by atoms with Crippen molar-refractivity contribution in [1.82, 2.24) is 0 Å². The summed E-state index contributed by atoms with van der Waals surface area (Å²) in [7, 11) is 0. The lowest BCUT2D eigenvalue weighted by Gasteiger charge is -2.05. The van der Waals surface area contributed by atoms with Crippen LogP contribution in [0.15, 0.2) is 0 Å². The molecule has 0 amide bonds. The van der Waals surface area contributed by atoms with Gasteiger partial charge in [-0.05, 0) is 19.3 Å². The minimum atomic E-state index is -0.692. The molecule has 0 saturated heterocycles. The molecule has 0 aromatic carbocycles. The lowest BCUT2D eigenvalue weighted by Crippen LogP contribution is -2.06. The molecule has 0 fully saturated rings. The molecule has 0 bridgehead atoms. The lowest BCUT2D eigenvalue weighted by atomic mass is 10.1. The van der Waals surface area contributed by atoms with Crippen LogP contribution in [0, 0.1) is 0 Å². The van der Waals surface area contributed by atoms with E-state index in [4.69, 9.17) is 14.6 Å². The van der Waals surface area contributed by atoms with Gasteiger partial charge in [0.05, 0.1) is 13.2 Å². The highest BCUT2D eigenvalue weighted by Crippen LogP contribution is 2.05. The van der Waals surface area contributed by atoms with E-state index in [1.807, 2.05) is 0 Å². The van der Waals surface area contributed by atoms with E-state index < -0.39 is 5.97 Å². The van der Waals surface area contributed by atoms with Gasteiger partial charge in [-0.1, -0.05) is 45.4 Å². The highest BCUT2D eigenvalue weighted by Gasteiger charge is 1.96. The van der Waals surface area contributed by atoms with Crippen molar-refractivity contribution in [3.63, 3.8) is 0 Å². The van der Waals surface area contributed by atoms with E-state index in [1.165, 1.54) is 19.3 Å². The second-order valence-corrected chi connectivity index (χ2v) is 5.20. The zero-order valence-corrected chi connectivity index (χ0v) is 13.1. The molecule has 0 radical (unpaired) electrons. The molecule has 0 aromatic heterocycles. The maximum absolute atomic E-state index is 10.3. The van der Waals surface area contributed by atoms with Gasteiger partial charge in [0, 0.05) is 19.6 Å². The average Bonchev–Trinajstić information content (AvgIpc) is 2.43. The Kier molecular flexibility index (Phi) is 15.9. The highest BCUT2D eigenvalue weighted by molar-refractivity contribution is 5.66. The summed E-state index contributed by atoms with van der Waals surface area (Å²) in [4.78, 5) is 10.3. The van der Waals surface area contributed by atoms with Crippen LogP contribution in [0.5, 0.6) is 0 Å². The summed E-state index contributed by atoms with van der Waals surface area (Å²) in [5.41, 5.74) is 0. The molecule has 4 heteroatoms. The van der Waals surface area contributed by atoms with E-state index in [0.717, 1.165) is 51.7 Å². The Morgan fingerprint density at radius 3 is 1.80 bits per heavy atom. The summed E-state index contributed by atoms with van der Waals surface area (Å²) in [5.74, 6) is -0.692. The molecule has 0 heterocycles. The minimum absolute atomic E-state index is 0.298. The monoisotopic (exact) mass is 288 g/mol. The predicted molar refractivity (Wildman–Crippen MR) is 81.1 cm³/mol. The van der Waals surface area contributed by atoms with Gasteiger partial charge < -0.3 is 14.6 Å². The summed E-state index contributed by atoms with van der Waals surface area (Å²) in [6.07, 6.45) is 10.4. The zero-order chi connectivity index (χ0) is 14.9. The van der Waals surface area contributed by atoms with Gasteiger partial charge in [0.15, 0.2) is 0 Å². The summed E-state index contributed by atoms with van der Waals surface area (Å²) in [6, 6.07) is 0. The molecule has 0 aliphatic rings. The van der Waals surface area contributed by atoms with E-state index >= 15 is 0 Å². The van der Waals surface area contributed by atoms with Crippen molar-refractivity contribution in [2.75, 3.05) is 26.4 Å². The van der Waals surface area contributed by atoms with Crippen molar-refractivity contribution in [1.29, 1.82) is 0 Å². The Morgan fingerprint density at radius 1 is 0.750 bits per heavy atom. The van der Waals surface area contributed by atoms with Gasteiger partial charge in [0.2, 0.25) is 0 Å². The number of rotatable bonds is 16. The molecule has 4 nitrogen and oxygen atoms in total. The summed E-state index contributed by atoms with van der Waals surface area (Å²) < 4.78 is 11.0. The number of ether oxygens (including phenoxy) is 2. The molecule has 0 saturated carbocycles. The van der Waals surface area contributed by atoms with Crippen molar-refractivity contribution < 1.29 is 19.4 Å². The molecule has 20 heavy (non-hydrogen) atoms.